The molecule has 7 nitrogen and oxygen atoms in total. The Morgan fingerprint density at radius 1 is 1.10 bits per heavy atom. The average molecular weight is 454 g/mol. The van der Waals surface area contributed by atoms with E-state index in [1.54, 1.807) is 19.9 Å². The van der Waals surface area contributed by atoms with Crippen LogP contribution in [0.2, 0.25) is 18.1 Å². The molecule has 1 heterocycles. The van der Waals surface area contributed by atoms with E-state index in [-0.39, 0.29) is 43.5 Å². The predicted molar refractivity (Wildman–Crippen MR) is 123 cm³/mol. The lowest BCUT2D eigenvalue weighted by molar-refractivity contribution is -0.179. The van der Waals surface area contributed by atoms with Gasteiger partial charge < -0.3 is 18.8 Å². The first-order valence-corrected chi connectivity index (χ1v) is 13.8. The molecule has 0 aromatic heterocycles. The molecule has 2 atom stereocenters. The molecule has 1 fully saturated rings. The molecular weight excluding hydrogens is 414 g/mol. The van der Waals surface area contributed by atoms with Gasteiger partial charge in [0.05, 0.1) is 31.8 Å². The van der Waals surface area contributed by atoms with Crippen molar-refractivity contribution < 1.29 is 28.3 Å². The summed E-state index contributed by atoms with van der Waals surface area (Å²) in [4.78, 5) is 41.2. The highest BCUT2D eigenvalue weighted by Gasteiger charge is 2.63. The summed E-state index contributed by atoms with van der Waals surface area (Å²) in [6, 6.07) is -0.886. The second kappa shape index (κ2) is 10.6. The van der Waals surface area contributed by atoms with Crippen LogP contribution >= 0.6 is 0 Å². The quantitative estimate of drug-likeness (QED) is 0.205. The van der Waals surface area contributed by atoms with Crippen molar-refractivity contribution in [2.24, 2.45) is 5.41 Å². The fraction of sp³-hybridized carbons (Fsp3) is 0.696. The van der Waals surface area contributed by atoms with Crippen LogP contribution in [0.25, 0.3) is 0 Å². The molecular formula is C23H39NO6Si. The molecule has 1 amide bonds. The number of likely N-dealkylation sites (tertiary alicyclic amines) is 1. The van der Waals surface area contributed by atoms with Gasteiger partial charge in [0, 0.05) is 6.54 Å². The van der Waals surface area contributed by atoms with E-state index in [4.69, 9.17) is 13.9 Å². The number of amides is 1. The molecule has 1 aliphatic rings. The number of carbonyl (C=O) groups excluding carboxylic acids is 3. The van der Waals surface area contributed by atoms with Crippen LogP contribution in [0.5, 0.6) is 0 Å². The average Bonchev–Trinajstić information content (AvgIpc) is 2.94. The van der Waals surface area contributed by atoms with Gasteiger partial charge in [0.2, 0.25) is 5.91 Å². The van der Waals surface area contributed by atoms with Crippen LogP contribution in [-0.2, 0) is 28.3 Å². The third-order valence-corrected chi connectivity index (χ3v) is 10.7. The summed E-state index contributed by atoms with van der Waals surface area (Å²) in [5.74, 6) is -1.66. The van der Waals surface area contributed by atoms with E-state index in [1.807, 2.05) is 0 Å². The first-order valence-electron chi connectivity index (χ1n) is 10.9. The van der Waals surface area contributed by atoms with Crippen molar-refractivity contribution in [2.45, 2.75) is 77.7 Å². The maximum absolute atomic E-state index is 13.3. The van der Waals surface area contributed by atoms with Gasteiger partial charge in [-0.2, -0.15) is 0 Å². The largest absolute Gasteiger partial charge is 0.465 e. The molecule has 1 saturated heterocycles. The molecule has 0 radical (unpaired) electrons. The lowest BCUT2D eigenvalue weighted by atomic mass is 9.74. The maximum atomic E-state index is 13.3. The Balaban J connectivity index is 3.72. The summed E-state index contributed by atoms with van der Waals surface area (Å²) >= 11 is 0. The number of allylic oxidation sites excluding steroid dienone is 1. The van der Waals surface area contributed by atoms with E-state index in [0.717, 1.165) is 0 Å². The minimum absolute atomic E-state index is 0.0341. The molecule has 31 heavy (non-hydrogen) atoms. The molecule has 1 aliphatic heterocycles. The number of hydrogen-bond acceptors (Lipinski definition) is 6. The molecule has 0 aromatic carbocycles. The number of ether oxygens (including phenoxy) is 2. The van der Waals surface area contributed by atoms with Crippen LogP contribution in [0.1, 0.15) is 47.5 Å². The van der Waals surface area contributed by atoms with Crippen LogP contribution in [0.3, 0.4) is 0 Å². The Hall–Kier alpha value is -1.93. The van der Waals surface area contributed by atoms with E-state index < -0.39 is 37.8 Å². The second-order valence-corrected chi connectivity index (χ2v) is 14.1. The molecule has 0 unspecified atom stereocenters. The highest BCUT2D eigenvalue weighted by molar-refractivity contribution is 6.74. The minimum Gasteiger partial charge on any atom is -0.465 e. The molecule has 0 N–H and O–H groups in total. The van der Waals surface area contributed by atoms with Crippen LogP contribution in [-0.4, -0.2) is 63.0 Å². The zero-order valence-corrected chi connectivity index (χ0v) is 21.2. The Morgan fingerprint density at radius 3 is 2.00 bits per heavy atom. The topological polar surface area (TPSA) is 82.1 Å². The number of nitrogens with zero attached hydrogens (tertiary/aromatic N) is 1. The maximum Gasteiger partial charge on any atom is 0.326 e. The SMILES string of the molecule is C=CCN1C(=O)C[C@H](O[Si](C)(C)C(C)(C)C)[C@@H]1C(CC=C)(C(=O)OCC)C(=O)OCC. The highest BCUT2D eigenvalue weighted by Crippen LogP contribution is 2.45. The van der Waals surface area contributed by atoms with E-state index in [9.17, 15) is 14.4 Å². The Kier molecular flexibility index (Phi) is 9.26. The van der Waals surface area contributed by atoms with Crippen molar-refractivity contribution >= 4 is 26.2 Å². The van der Waals surface area contributed by atoms with Gasteiger partial charge in [-0.05, 0) is 38.4 Å². The van der Waals surface area contributed by atoms with Crippen LogP contribution in [0.15, 0.2) is 25.3 Å². The van der Waals surface area contributed by atoms with Crippen molar-refractivity contribution in [1.29, 1.82) is 0 Å². The third kappa shape index (κ3) is 5.47. The van der Waals surface area contributed by atoms with Gasteiger partial charge in [-0.15, -0.1) is 13.2 Å². The zero-order chi connectivity index (χ0) is 24.0. The van der Waals surface area contributed by atoms with Gasteiger partial charge in [0.25, 0.3) is 0 Å². The predicted octanol–water partition coefficient (Wildman–Crippen LogP) is 3.85. The molecule has 8 heteroatoms. The van der Waals surface area contributed by atoms with Crippen LogP contribution in [0, 0.1) is 5.41 Å². The molecule has 0 aliphatic carbocycles. The second-order valence-electron chi connectivity index (χ2n) is 9.31. The van der Waals surface area contributed by atoms with E-state index in [2.05, 4.69) is 47.0 Å². The Labute approximate surface area is 187 Å². The summed E-state index contributed by atoms with van der Waals surface area (Å²) < 4.78 is 17.3. The third-order valence-electron chi connectivity index (χ3n) is 6.21. The summed E-state index contributed by atoms with van der Waals surface area (Å²) in [7, 11) is -2.34. The lowest BCUT2D eigenvalue weighted by Crippen LogP contribution is -2.61. The lowest BCUT2D eigenvalue weighted by Gasteiger charge is -2.44. The van der Waals surface area contributed by atoms with Crippen LogP contribution in [0.4, 0.5) is 0 Å². The summed E-state index contributed by atoms with van der Waals surface area (Å²) in [6.07, 6.45) is 2.44. The standard InChI is InChI=1S/C23H39NO6Si/c1-10-14-23(20(26)28-12-3,21(27)29-13-4)19-17(16-18(25)24(19)15-11-2)30-31(8,9)22(5,6)7/h10-11,17,19H,1-2,12-16H2,3-9H3/t17-,19+/m0/s1. The molecule has 176 valence electrons. The van der Waals surface area contributed by atoms with Gasteiger partial charge in [0.15, 0.2) is 13.7 Å². The van der Waals surface area contributed by atoms with Gasteiger partial charge in [-0.25, -0.2) is 0 Å². The smallest absolute Gasteiger partial charge is 0.326 e. The van der Waals surface area contributed by atoms with E-state index in [1.165, 1.54) is 11.0 Å². The summed E-state index contributed by atoms with van der Waals surface area (Å²) in [6.45, 7) is 21.7. The van der Waals surface area contributed by atoms with Gasteiger partial charge in [-0.1, -0.05) is 32.9 Å². The Bertz CT molecular complexity index is 679. The van der Waals surface area contributed by atoms with Gasteiger partial charge in [-0.3, -0.25) is 14.4 Å². The first-order chi connectivity index (χ1) is 14.3. The molecule has 0 aromatic rings. The fourth-order valence-electron chi connectivity index (χ4n) is 3.72. The van der Waals surface area contributed by atoms with Crippen molar-refractivity contribution in [3.8, 4) is 0 Å². The molecule has 0 spiro atoms. The minimum atomic E-state index is -2.34. The molecule has 1 rings (SSSR count). The monoisotopic (exact) mass is 453 g/mol. The zero-order valence-electron chi connectivity index (χ0n) is 20.2. The first kappa shape index (κ1) is 27.1. The van der Waals surface area contributed by atoms with E-state index >= 15 is 0 Å². The van der Waals surface area contributed by atoms with Crippen molar-refractivity contribution in [2.75, 3.05) is 19.8 Å². The van der Waals surface area contributed by atoms with E-state index in [0.29, 0.717) is 0 Å². The number of hydrogen-bond donors (Lipinski definition) is 0. The van der Waals surface area contributed by atoms with Crippen molar-refractivity contribution in [3.05, 3.63) is 25.3 Å². The van der Waals surface area contributed by atoms with Crippen molar-refractivity contribution in [3.63, 3.8) is 0 Å². The molecule has 0 saturated carbocycles. The van der Waals surface area contributed by atoms with Gasteiger partial charge >= 0.3 is 11.9 Å². The number of esters is 2. The normalized spacial score (nSPS) is 19.8. The fourth-order valence-corrected chi connectivity index (χ4v) is 5.04. The summed E-state index contributed by atoms with van der Waals surface area (Å²) in [5.41, 5.74) is -1.77. The van der Waals surface area contributed by atoms with Crippen LogP contribution < -0.4 is 0 Å². The molecule has 0 bridgehead atoms. The highest BCUT2D eigenvalue weighted by atomic mass is 28.4. The van der Waals surface area contributed by atoms with Crippen molar-refractivity contribution in [1.82, 2.24) is 4.90 Å². The number of carbonyl (C=O) groups is 3. The van der Waals surface area contributed by atoms with Gasteiger partial charge in [0.1, 0.15) is 0 Å². The Morgan fingerprint density at radius 2 is 1.61 bits per heavy atom. The number of rotatable bonds is 11. The summed E-state index contributed by atoms with van der Waals surface area (Å²) in [5, 5.41) is -0.124.